The van der Waals surface area contributed by atoms with Gasteiger partial charge in [-0.05, 0) is 37.0 Å². The largest absolute Gasteiger partial charge is 0.385 e. The average molecular weight is 332 g/mol. The summed E-state index contributed by atoms with van der Waals surface area (Å²) < 4.78 is 6.21. The predicted octanol–water partition coefficient (Wildman–Crippen LogP) is 3.86. The van der Waals surface area contributed by atoms with Crippen molar-refractivity contribution in [3.05, 3.63) is 28.2 Å². The van der Waals surface area contributed by atoms with Crippen LogP contribution in [-0.4, -0.2) is 25.5 Å². The number of benzene rings is 1. The van der Waals surface area contributed by atoms with Gasteiger partial charge in [-0.3, -0.25) is 0 Å². The molecule has 18 heavy (non-hydrogen) atoms. The Balaban J connectivity index is 2.51. The van der Waals surface area contributed by atoms with E-state index in [4.69, 9.17) is 10.5 Å². The molecule has 0 aliphatic heterocycles. The quantitative estimate of drug-likeness (QED) is 0.580. The fourth-order valence-corrected chi connectivity index (χ4v) is 3.16. The molecule has 0 radical (unpaired) electrons. The second-order valence-electron chi connectivity index (χ2n) is 4.32. The van der Waals surface area contributed by atoms with Crippen molar-refractivity contribution < 1.29 is 4.74 Å². The zero-order chi connectivity index (χ0) is 13.4. The van der Waals surface area contributed by atoms with Crippen LogP contribution in [0.3, 0.4) is 0 Å². The number of ether oxygens (including phenoxy) is 1. The van der Waals surface area contributed by atoms with Crippen molar-refractivity contribution in [1.29, 1.82) is 0 Å². The minimum atomic E-state index is 0.251. The Morgan fingerprint density at radius 1 is 1.44 bits per heavy atom. The summed E-state index contributed by atoms with van der Waals surface area (Å²) in [6.07, 6.45) is 3.03. The molecular formula is C14H22BrNOS. The second kappa shape index (κ2) is 8.97. The van der Waals surface area contributed by atoms with Crippen LogP contribution < -0.4 is 5.73 Å². The van der Waals surface area contributed by atoms with E-state index >= 15 is 0 Å². The van der Waals surface area contributed by atoms with E-state index in [0.29, 0.717) is 0 Å². The van der Waals surface area contributed by atoms with Gasteiger partial charge in [-0.1, -0.05) is 28.9 Å². The molecule has 1 atom stereocenters. The maximum Gasteiger partial charge on any atom is 0.0470 e. The van der Waals surface area contributed by atoms with Crippen molar-refractivity contribution in [1.82, 2.24) is 0 Å². The van der Waals surface area contributed by atoms with Crippen LogP contribution in [0.2, 0.25) is 0 Å². The summed E-state index contributed by atoms with van der Waals surface area (Å²) in [6, 6.07) is 6.80. The molecule has 1 unspecified atom stereocenters. The second-order valence-corrected chi connectivity index (χ2v) is 6.34. The third-order valence-electron chi connectivity index (χ3n) is 2.79. The maximum absolute atomic E-state index is 5.99. The fraction of sp³-hybridized carbons (Fsp3) is 0.571. The molecule has 1 aromatic rings. The molecule has 0 bridgehead atoms. The molecule has 0 aliphatic rings. The summed E-state index contributed by atoms with van der Waals surface area (Å²) >= 11 is 5.50. The first-order valence-corrected chi connectivity index (χ1v) is 8.11. The van der Waals surface area contributed by atoms with Crippen LogP contribution in [0.1, 0.15) is 25.3 Å². The summed E-state index contributed by atoms with van der Waals surface area (Å²) in [6.45, 7) is 2.95. The van der Waals surface area contributed by atoms with Gasteiger partial charge >= 0.3 is 0 Å². The lowest BCUT2D eigenvalue weighted by Gasteiger charge is -2.11. The lowest BCUT2D eigenvalue weighted by molar-refractivity contribution is 0.200. The van der Waals surface area contributed by atoms with Crippen molar-refractivity contribution >= 4 is 27.7 Å². The summed E-state index contributed by atoms with van der Waals surface area (Å²) in [5.74, 6) is 1.09. The molecule has 0 aromatic heterocycles. The molecule has 2 N–H and O–H groups in total. The monoisotopic (exact) mass is 331 g/mol. The van der Waals surface area contributed by atoms with Gasteiger partial charge in [0.1, 0.15) is 0 Å². The number of thioether (sulfide) groups is 1. The minimum Gasteiger partial charge on any atom is -0.385 e. The Morgan fingerprint density at radius 3 is 2.83 bits per heavy atom. The van der Waals surface area contributed by atoms with Crippen LogP contribution in [0.25, 0.3) is 0 Å². The van der Waals surface area contributed by atoms with Crippen LogP contribution in [0, 0.1) is 0 Å². The topological polar surface area (TPSA) is 35.2 Å². The van der Waals surface area contributed by atoms with Gasteiger partial charge in [0.2, 0.25) is 0 Å². The van der Waals surface area contributed by atoms with E-state index in [0.717, 1.165) is 31.6 Å². The van der Waals surface area contributed by atoms with Crippen LogP contribution in [0.15, 0.2) is 27.6 Å². The lowest BCUT2D eigenvalue weighted by Crippen LogP contribution is -2.21. The van der Waals surface area contributed by atoms with Crippen LogP contribution in [-0.2, 0) is 11.2 Å². The molecule has 102 valence electrons. The van der Waals surface area contributed by atoms with Crippen molar-refractivity contribution in [2.45, 2.75) is 37.1 Å². The number of hydrogen-bond acceptors (Lipinski definition) is 3. The summed E-state index contributed by atoms with van der Waals surface area (Å²) in [7, 11) is 1.74. The zero-order valence-electron chi connectivity index (χ0n) is 11.1. The van der Waals surface area contributed by atoms with E-state index in [1.807, 2.05) is 11.8 Å². The highest BCUT2D eigenvalue weighted by molar-refractivity contribution is 9.10. The van der Waals surface area contributed by atoms with Crippen molar-refractivity contribution in [3.63, 3.8) is 0 Å². The first-order chi connectivity index (χ1) is 8.67. The van der Waals surface area contributed by atoms with Gasteiger partial charge in [-0.25, -0.2) is 0 Å². The van der Waals surface area contributed by atoms with Crippen LogP contribution in [0.4, 0.5) is 0 Å². The molecule has 1 aromatic carbocycles. The van der Waals surface area contributed by atoms with E-state index in [-0.39, 0.29) is 6.04 Å². The molecule has 0 saturated carbocycles. The first-order valence-electron chi connectivity index (χ1n) is 6.33. The third-order valence-corrected chi connectivity index (χ3v) is 4.61. The third kappa shape index (κ3) is 5.74. The maximum atomic E-state index is 5.99. The molecule has 0 aliphatic carbocycles. The molecule has 2 nitrogen and oxygen atoms in total. The summed E-state index contributed by atoms with van der Waals surface area (Å²) in [4.78, 5) is 1.30. The Morgan fingerprint density at radius 2 is 2.22 bits per heavy atom. The number of hydrogen-bond donors (Lipinski definition) is 1. The van der Waals surface area contributed by atoms with Gasteiger partial charge in [0, 0.05) is 34.9 Å². The molecule has 1 rings (SSSR count). The Labute approximate surface area is 123 Å². The molecule has 0 fully saturated rings. The van der Waals surface area contributed by atoms with Gasteiger partial charge in [-0.15, -0.1) is 11.8 Å². The number of halogens is 1. The van der Waals surface area contributed by atoms with E-state index < -0.39 is 0 Å². The first kappa shape index (κ1) is 16.0. The molecule has 0 amide bonds. The smallest absolute Gasteiger partial charge is 0.0470 e. The minimum absolute atomic E-state index is 0.251. The van der Waals surface area contributed by atoms with Crippen LogP contribution in [0.5, 0.6) is 0 Å². The number of nitrogens with two attached hydrogens (primary N) is 1. The van der Waals surface area contributed by atoms with Gasteiger partial charge in [0.15, 0.2) is 0 Å². The molecule has 0 spiro atoms. The standard InChI is InChI=1S/C14H22BrNOS/c1-3-12(16)9-11-5-6-13(10-14(11)15)18-8-4-7-17-2/h5-6,10,12H,3-4,7-9,16H2,1-2H3. The van der Waals surface area contributed by atoms with Crippen molar-refractivity contribution in [2.75, 3.05) is 19.5 Å². The Bertz CT molecular complexity index is 360. The molecular weight excluding hydrogens is 310 g/mol. The van der Waals surface area contributed by atoms with Gasteiger partial charge in [0.25, 0.3) is 0 Å². The molecule has 0 heterocycles. The highest BCUT2D eigenvalue weighted by Crippen LogP contribution is 2.26. The average Bonchev–Trinajstić information content (AvgIpc) is 2.37. The SMILES string of the molecule is CCC(N)Cc1ccc(SCCCOC)cc1Br. The van der Waals surface area contributed by atoms with Gasteiger partial charge in [-0.2, -0.15) is 0 Å². The molecule has 0 saturated heterocycles. The van der Waals surface area contributed by atoms with Gasteiger partial charge in [0.05, 0.1) is 0 Å². The van der Waals surface area contributed by atoms with Crippen molar-refractivity contribution in [3.8, 4) is 0 Å². The zero-order valence-corrected chi connectivity index (χ0v) is 13.5. The Hall–Kier alpha value is -0.0300. The van der Waals surface area contributed by atoms with E-state index in [1.165, 1.54) is 14.9 Å². The van der Waals surface area contributed by atoms with E-state index in [2.05, 4.69) is 41.1 Å². The number of rotatable bonds is 8. The highest BCUT2D eigenvalue weighted by atomic mass is 79.9. The van der Waals surface area contributed by atoms with Crippen molar-refractivity contribution in [2.24, 2.45) is 5.73 Å². The summed E-state index contributed by atoms with van der Waals surface area (Å²) in [5, 5.41) is 0. The van der Waals surface area contributed by atoms with E-state index in [9.17, 15) is 0 Å². The van der Waals surface area contributed by atoms with Gasteiger partial charge < -0.3 is 10.5 Å². The fourth-order valence-electron chi connectivity index (χ4n) is 1.60. The normalized spacial score (nSPS) is 12.7. The van der Waals surface area contributed by atoms with Crippen LogP contribution >= 0.6 is 27.7 Å². The highest BCUT2D eigenvalue weighted by Gasteiger charge is 2.06. The summed E-state index contributed by atoms with van der Waals surface area (Å²) in [5.41, 5.74) is 7.28. The Kier molecular flexibility index (Phi) is 7.98. The lowest BCUT2D eigenvalue weighted by atomic mass is 10.1. The molecule has 4 heteroatoms. The van der Waals surface area contributed by atoms with E-state index in [1.54, 1.807) is 7.11 Å². The predicted molar refractivity (Wildman–Crippen MR) is 83.3 cm³/mol. The number of methoxy groups -OCH3 is 1.